The maximum absolute atomic E-state index is 4.08. The van der Waals surface area contributed by atoms with Gasteiger partial charge in [-0.25, -0.2) is 0 Å². The van der Waals surface area contributed by atoms with E-state index in [0.717, 1.165) is 0 Å². The molecule has 0 saturated heterocycles. The van der Waals surface area contributed by atoms with Crippen molar-refractivity contribution in [2.45, 2.75) is 327 Å². The molecule has 9 rings (SSSR count). The number of halogens is 3. The van der Waals surface area contributed by atoms with E-state index in [0.29, 0.717) is 0 Å². The van der Waals surface area contributed by atoms with E-state index in [1.54, 1.807) is 33.4 Å². The molecular weight excluding hydrogens is 1300 g/mol. The number of fused-ring (bicyclic) bond motifs is 9. The minimum absolute atomic E-state index is 0.0571. The third kappa shape index (κ3) is 17.4. The second-order valence-electron chi connectivity index (χ2n) is 28.9. The fraction of sp³-hybridized carbons (Fsp3) is 0.586. The van der Waals surface area contributed by atoms with Crippen molar-refractivity contribution in [3.8, 4) is 33.4 Å². The van der Waals surface area contributed by atoms with Gasteiger partial charge in [-0.3, -0.25) is 0 Å². The summed E-state index contributed by atoms with van der Waals surface area (Å²) in [6, 6.07) is 45.7. The number of benzene rings is 6. The first-order chi connectivity index (χ1) is 44.6. The molecule has 91 heavy (non-hydrogen) atoms. The van der Waals surface area contributed by atoms with Crippen LogP contribution < -0.4 is 4.90 Å². The zero-order chi connectivity index (χ0) is 63.9. The number of unbranched alkanes of at least 4 members (excludes halogenated alkanes) is 30. The van der Waals surface area contributed by atoms with Gasteiger partial charge in [0.1, 0.15) is 0 Å². The summed E-state index contributed by atoms with van der Waals surface area (Å²) in [5, 5.41) is 0. The lowest BCUT2D eigenvalue weighted by molar-refractivity contribution is 0.397. The van der Waals surface area contributed by atoms with Gasteiger partial charge in [-0.1, -0.05) is 357 Å². The Morgan fingerprint density at radius 2 is 0.396 bits per heavy atom. The Kier molecular flexibility index (Phi) is 28.9. The Bertz CT molecular complexity index is 2800. The van der Waals surface area contributed by atoms with Gasteiger partial charge in [0.15, 0.2) is 0 Å². The first kappa shape index (κ1) is 71.8. The molecule has 0 unspecified atom stereocenters. The highest BCUT2D eigenvalue weighted by Crippen LogP contribution is 2.61. The predicted octanol–water partition coefficient (Wildman–Crippen LogP) is 30.7. The minimum Gasteiger partial charge on any atom is -0.310 e. The first-order valence-corrected chi connectivity index (χ1v) is 40.7. The molecule has 0 spiro atoms. The fourth-order valence-electron chi connectivity index (χ4n) is 17.5. The van der Waals surface area contributed by atoms with Gasteiger partial charge >= 0.3 is 0 Å². The summed E-state index contributed by atoms with van der Waals surface area (Å²) in [6.45, 7) is 14.1. The van der Waals surface area contributed by atoms with Crippen LogP contribution in [0.5, 0.6) is 0 Å². The molecule has 0 radical (unpaired) electrons. The quantitative estimate of drug-likeness (QED) is 0.0345. The van der Waals surface area contributed by atoms with Crippen molar-refractivity contribution in [2.75, 3.05) is 4.90 Å². The van der Waals surface area contributed by atoms with Gasteiger partial charge in [-0.15, -0.1) is 0 Å². The van der Waals surface area contributed by atoms with E-state index in [-0.39, 0.29) is 16.2 Å². The zero-order valence-corrected chi connectivity index (χ0v) is 62.9. The summed E-state index contributed by atoms with van der Waals surface area (Å²) < 4.78 is 3.64. The SMILES string of the molecule is CCCCCCCCC1(CCCCCCCC)c2cc(Br)ccc2-c2ccc(N(c3ccc4c(c3)C(CCCCCCCC)(CCCCCCCC)c3cc(Br)ccc3-4)c3ccc4c(c3)C(CCCCCCCC)(CCCCCCCC)c3cc(Br)ccc3-4)cc21. The van der Waals surface area contributed by atoms with Crippen LogP contribution in [-0.4, -0.2) is 0 Å². The van der Waals surface area contributed by atoms with Crippen LogP contribution >= 0.6 is 47.8 Å². The third-order valence-electron chi connectivity index (χ3n) is 22.4. The van der Waals surface area contributed by atoms with Crippen LogP contribution in [0.4, 0.5) is 17.1 Å². The molecule has 1 nitrogen and oxygen atoms in total. The third-order valence-corrected chi connectivity index (χ3v) is 23.9. The molecule has 0 saturated carbocycles. The monoisotopic (exact) mass is 1420 g/mol. The molecule has 0 heterocycles. The van der Waals surface area contributed by atoms with Gasteiger partial charge < -0.3 is 4.90 Å². The van der Waals surface area contributed by atoms with Gasteiger partial charge in [0.25, 0.3) is 0 Å². The van der Waals surface area contributed by atoms with Crippen LogP contribution in [0.2, 0.25) is 0 Å². The van der Waals surface area contributed by atoms with Crippen molar-refractivity contribution in [3.05, 3.63) is 156 Å². The summed E-state index contributed by atoms with van der Waals surface area (Å²) in [5.41, 5.74) is 21.9. The molecule has 3 aliphatic carbocycles. The van der Waals surface area contributed by atoms with Crippen LogP contribution in [-0.2, 0) is 16.2 Å². The Balaban J connectivity index is 1.25. The topological polar surface area (TPSA) is 3.24 Å². The molecule has 4 heteroatoms. The molecule has 0 aliphatic heterocycles. The van der Waals surface area contributed by atoms with Crippen molar-refractivity contribution in [2.24, 2.45) is 0 Å². The van der Waals surface area contributed by atoms with Crippen molar-refractivity contribution >= 4 is 64.9 Å². The van der Waals surface area contributed by atoms with Crippen LogP contribution in [0.25, 0.3) is 33.4 Å². The lowest BCUT2D eigenvalue weighted by atomic mass is 9.70. The zero-order valence-electron chi connectivity index (χ0n) is 58.2. The second kappa shape index (κ2) is 36.6. The molecule has 0 bridgehead atoms. The first-order valence-electron chi connectivity index (χ1n) is 38.3. The maximum Gasteiger partial charge on any atom is 0.0465 e. The standard InChI is InChI=1S/C87H120Br3N/c1-7-13-19-25-31-37-55-85(56-38-32-26-20-14-8-2)79-61-67(88)43-49-73(79)76-52-46-70(64-82(76)85)91(71-47-53-77-74-50-44-68(89)62-80(74)86(83(77)65-71,57-39-33-27-21-15-9-3)58-40-34-28-22-16-10-4)72-48-54-78-75-51-45-69(90)63-81(75)87(84(78)66-72,59-41-35-29-23-17-11-5)60-42-36-30-24-18-12-6/h43-54,61-66H,7-42,55-60H2,1-6H3. The normalized spacial score (nSPS) is 14.3. The molecule has 0 aromatic heterocycles. The largest absolute Gasteiger partial charge is 0.310 e. The highest BCUT2D eigenvalue weighted by Gasteiger charge is 2.46. The average Bonchev–Trinajstić information content (AvgIpc) is 1.60. The Hall–Kier alpha value is -3.44. The van der Waals surface area contributed by atoms with E-state index in [2.05, 4.69) is 203 Å². The Labute approximate surface area is 582 Å². The Morgan fingerprint density at radius 3 is 0.604 bits per heavy atom. The van der Waals surface area contributed by atoms with E-state index in [9.17, 15) is 0 Å². The number of anilines is 3. The van der Waals surface area contributed by atoms with Gasteiger partial charge in [0.2, 0.25) is 0 Å². The van der Waals surface area contributed by atoms with Crippen LogP contribution in [0.15, 0.2) is 123 Å². The van der Waals surface area contributed by atoms with Gasteiger partial charge in [-0.2, -0.15) is 0 Å². The van der Waals surface area contributed by atoms with Crippen LogP contribution in [0, 0.1) is 0 Å². The summed E-state index contributed by atoms with van der Waals surface area (Å²) in [5.74, 6) is 0. The maximum atomic E-state index is 4.08. The lowest BCUT2D eigenvalue weighted by Crippen LogP contribution is -2.27. The van der Waals surface area contributed by atoms with Gasteiger partial charge in [-0.05, 0) is 178 Å². The highest BCUT2D eigenvalue weighted by atomic mass is 79.9. The van der Waals surface area contributed by atoms with Crippen LogP contribution in [0.1, 0.15) is 345 Å². The van der Waals surface area contributed by atoms with E-state index >= 15 is 0 Å². The highest BCUT2D eigenvalue weighted by molar-refractivity contribution is 9.11. The van der Waals surface area contributed by atoms with E-state index in [1.807, 2.05) is 0 Å². The molecule has 0 amide bonds. The average molecular weight is 1420 g/mol. The van der Waals surface area contributed by atoms with Crippen LogP contribution in [0.3, 0.4) is 0 Å². The summed E-state index contributed by atoms with van der Waals surface area (Å²) in [4.78, 5) is 2.79. The number of rotatable bonds is 45. The van der Waals surface area contributed by atoms with Gasteiger partial charge in [0, 0.05) is 46.7 Å². The number of hydrogen-bond donors (Lipinski definition) is 0. The van der Waals surface area contributed by atoms with E-state index in [1.165, 1.54) is 334 Å². The minimum atomic E-state index is -0.0571. The van der Waals surface area contributed by atoms with Crippen molar-refractivity contribution < 1.29 is 0 Å². The lowest BCUT2D eigenvalue weighted by Gasteiger charge is -2.36. The molecule has 6 aromatic rings. The molecule has 6 aromatic carbocycles. The summed E-state index contributed by atoms with van der Waals surface area (Å²) >= 11 is 12.2. The van der Waals surface area contributed by atoms with Crippen molar-refractivity contribution in [3.63, 3.8) is 0 Å². The van der Waals surface area contributed by atoms with Crippen molar-refractivity contribution in [1.29, 1.82) is 0 Å². The second-order valence-corrected chi connectivity index (χ2v) is 31.7. The fourth-order valence-corrected chi connectivity index (χ4v) is 18.5. The molecular formula is C87H120Br3N. The molecule has 494 valence electrons. The number of nitrogens with zero attached hydrogens (tertiary/aromatic N) is 1. The molecule has 0 fully saturated rings. The summed E-state index contributed by atoms with van der Waals surface area (Å²) in [6.07, 6.45) is 54.6. The molecule has 0 N–H and O–H groups in total. The van der Waals surface area contributed by atoms with Crippen molar-refractivity contribution in [1.82, 2.24) is 0 Å². The van der Waals surface area contributed by atoms with E-state index in [4.69, 9.17) is 0 Å². The molecule has 0 atom stereocenters. The molecule has 3 aliphatic rings. The summed E-state index contributed by atoms with van der Waals surface area (Å²) in [7, 11) is 0. The van der Waals surface area contributed by atoms with Gasteiger partial charge in [0.05, 0.1) is 0 Å². The number of hydrogen-bond acceptors (Lipinski definition) is 1. The smallest absolute Gasteiger partial charge is 0.0465 e. The Morgan fingerprint density at radius 1 is 0.220 bits per heavy atom. The predicted molar refractivity (Wildman–Crippen MR) is 411 cm³/mol. The van der Waals surface area contributed by atoms with E-state index < -0.39 is 0 Å².